The number of rotatable bonds is 5. The molecule has 1 atom stereocenters. The summed E-state index contributed by atoms with van der Waals surface area (Å²) in [6, 6.07) is 16.7. The van der Waals surface area contributed by atoms with Crippen LogP contribution in [-0.4, -0.2) is 62.8 Å². The van der Waals surface area contributed by atoms with E-state index in [0.29, 0.717) is 5.95 Å². The predicted molar refractivity (Wildman–Crippen MR) is 142 cm³/mol. The first-order chi connectivity index (χ1) is 17.5. The maximum atomic E-state index is 10.3. The van der Waals surface area contributed by atoms with Crippen LogP contribution in [0.2, 0.25) is 0 Å². The van der Waals surface area contributed by atoms with Crippen molar-refractivity contribution in [2.24, 2.45) is 0 Å². The number of anilines is 4. The summed E-state index contributed by atoms with van der Waals surface area (Å²) in [7, 11) is 4.15. The van der Waals surface area contributed by atoms with Crippen molar-refractivity contribution in [2.45, 2.75) is 32.4 Å². The zero-order chi connectivity index (χ0) is 24.8. The largest absolute Gasteiger partial charge is 0.394 e. The van der Waals surface area contributed by atoms with Crippen molar-refractivity contribution in [3.63, 3.8) is 0 Å². The van der Waals surface area contributed by atoms with Crippen molar-refractivity contribution in [1.29, 1.82) is 0 Å². The normalized spacial score (nSPS) is 17.2. The van der Waals surface area contributed by atoms with Gasteiger partial charge in [-0.05, 0) is 56.3 Å². The van der Waals surface area contributed by atoms with Gasteiger partial charge in [-0.15, -0.1) is 0 Å². The molecule has 2 aromatic heterocycles. The van der Waals surface area contributed by atoms with Crippen LogP contribution in [0.4, 0.5) is 23.1 Å². The zero-order valence-corrected chi connectivity index (χ0v) is 21.0. The second-order valence-corrected chi connectivity index (χ2v) is 9.72. The average Bonchev–Trinajstić information content (AvgIpc) is 3.51. The van der Waals surface area contributed by atoms with E-state index in [1.807, 2.05) is 31.3 Å². The standard InChI is InChI=1S/C28H31N7O/c1-19-29-13-15-34(19)22-10-8-21(9-11-22)33(3)28-30-25-12-14-32(2)17-24(25)27(31-28)35-23(18-36)16-20-6-4-5-7-26(20)35/h4-11,13,15,23,36H,12,14,16-18H2,1-3H3/t23-/m0/s1. The van der Waals surface area contributed by atoms with Gasteiger partial charge in [0.25, 0.3) is 0 Å². The third-order valence-electron chi connectivity index (χ3n) is 7.37. The third kappa shape index (κ3) is 3.83. The van der Waals surface area contributed by atoms with Gasteiger partial charge >= 0.3 is 0 Å². The number of fused-ring (bicyclic) bond motifs is 2. The van der Waals surface area contributed by atoms with Crippen molar-refractivity contribution in [3.05, 3.63) is 83.6 Å². The van der Waals surface area contributed by atoms with Crippen LogP contribution in [0.5, 0.6) is 0 Å². The Kier molecular flexibility index (Phi) is 5.70. The smallest absolute Gasteiger partial charge is 0.231 e. The van der Waals surface area contributed by atoms with Gasteiger partial charge in [-0.2, -0.15) is 4.98 Å². The maximum absolute atomic E-state index is 10.3. The molecule has 0 saturated carbocycles. The molecule has 0 bridgehead atoms. The summed E-state index contributed by atoms with van der Waals surface area (Å²) >= 11 is 0. The van der Waals surface area contributed by atoms with Gasteiger partial charge in [-0.25, -0.2) is 9.97 Å². The van der Waals surface area contributed by atoms with E-state index in [1.165, 1.54) is 5.56 Å². The first-order valence-electron chi connectivity index (χ1n) is 12.4. The van der Waals surface area contributed by atoms with Gasteiger partial charge in [0.2, 0.25) is 5.95 Å². The second kappa shape index (κ2) is 9.04. The molecule has 0 spiro atoms. The Hall–Kier alpha value is -3.75. The fraction of sp³-hybridized carbons (Fsp3) is 0.321. The molecule has 6 rings (SSSR count). The molecule has 36 heavy (non-hydrogen) atoms. The number of aryl methyl sites for hydroxylation is 1. The summed E-state index contributed by atoms with van der Waals surface area (Å²) < 4.78 is 2.06. The highest BCUT2D eigenvalue weighted by Gasteiger charge is 2.34. The summed E-state index contributed by atoms with van der Waals surface area (Å²) in [5, 5.41) is 10.3. The van der Waals surface area contributed by atoms with Crippen LogP contribution in [0, 0.1) is 6.92 Å². The number of hydrogen-bond donors (Lipinski definition) is 1. The predicted octanol–water partition coefficient (Wildman–Crippen LogP) is 3.78. The average molecular weight is 482 g/mol. The third-order valence-corrected chi connectivity index (χ3v) is 7.37. The van der Waals surface area contributed by atoms with E-state index in [1.54, 1.807) is 0 Å². The Morgan fingerprint density at radius 3 is 2.64 bits per heavy atom. The minimum atomic E-state index is -0.0375. The molecule has 8 nitrogen and oxygen atoms in total. The van der Waals surface area contributed by atoms with Crippen LogP contribution in [0.1, 0.15) is 22.6 Å². The summed E-state index contributed by atoms with van der Waals surface area (Å²) in [6.45, 7) is 3.83. The van der Waals surface area contributed by atoms with Crippen molar-refractivity contribution < 1.29 is 5.11 Å². The molecule has 1 N–H and O–H groups in total. The molecule has 0 aliphatic carbocycles. The molecule has 2 aromatic carbocycles. The molecule has 0 fully saturated rings. The van der Waals surface area contributed by atoms with Crippen LogP contribution in [0.3, 0.4) is 0 Å². The Morgan fingerprint density at radius 1 is 1.08 bits per heavy atom. The highest BCUT2D eigenvalue weighted by atomic mass is 16.3. The number of para-hydroxylation sites is 1. The van der Waals surface area contributed by atoms with E-state index in [2.05, 4.69) is 74.9 Å². The zero-order valence-electron chi connectivity index (χ0n) is 21.0. The molecular weight excluding hydrogens is 450 g/mol. The summed E-state index contributed by atoms with van der Waals surface area (Å²) in [5.74, 6) is 2.53. The number of aliphatic hydroxyl groups is 1. The minimum Gasteiger partial charge on any atom is -0.394 e. The van der Waals surface area contributed by atoms with Crippen LogP contribution in [0.15, 0.2) is 60.9 Å². The number of nitrogens with zero attached hydrogens (tertiary/aromatic N) is 7. The first-order valence-corrected chi connectivity index (χ1v) is 12.4. The Labute approximate surface area is 211 Å². The van der Waals surface area contributed by atoms with Crippen LogP contribution in [0.25, 0.3) is 5.69 Å². The highest BCUT2D eigenvalue weighted by molar-refractivity contribution is 5.73. The van der Waals surface area contributed by atoms with Gasteiger partial charge < -0.3 is 24.4 Å². The molecule has 0 amide bonds. The lowest BCUT2D eigenvalue weighted by Crippen LogP contribution is -2.36. The first kappa shape index (κ1) is 22.7. The van der Waals surface area contributed by atoms with Crippen molar-refractivity contribution in [2.75, 3.05) is 37.0 Å². The lowest BCUT2D eigenvalue weighted by molar-refractivity contribution is 0.267. The van der Waals surface area contributed by atoms with Crippen molar-refractivity contribution in [3.8, 4) is 5.69 Å². The van der Waals surface area contributed by atoms with Gasteiger partial charge in [-0.3, -0.25) is 0 Å². The number of hydrogen-bond acceptors (Lipinski definition) is 7. The molecule has 0 saturated heterocycles. The van der Waals surface area contributed by atoms with Gasteiger partial charge in [-0.1, -0.05) is 18.2 Å². The van der Waals surface area contributed by atoms with Gasteiger partial charge in [0.15, 0.2) is 0 Å². The fourth-order valence-electron chi connectivity index (χ4n) is 5.36. The summed E-state index contributed by atoms with van der Waals surface area (Å²) in [5.41, 5.74) is 6.69. The number of aromatic nitrogens is 4. The number of aliphatic hydroxyl groups excluding tert-OH is 1. The molecular formula is C28H31N7O. The Balaban J connectivity index is 1.42. The molecule has 0 radical (unpaired) electrons. The van der Waals surface area contributed by atoms with Crippen molar-refractivity contribution in [1.82, 2.24) is 24.4 Å². The number of imidazole rings is 1. The molecule has 184 valence electrons. The topological polar surface area (TPSA) is 73.5 Å². The second-order valence-electron chi connectivity index (χ2n) is 9.72. The molecule has 2 aliphatic heterocycles. The highest BCUT2D eigenvalue weighted by Crippen LogP contribution is 2.41. The van der Waals surface area contributed by atoms with Crippen LogP contribution < -0.4 is 9.80 Å². The van der Waals surface area contributed by atoms with Crippen LogP contribution in [-0.2, 0) is 19.4 Å². The monoisotopic (exact) mass is 481 g/mol. The SMILES string of the molecule is Cc1nccn1-c1ccc(N(C)c2nc3c(c(N4c5ccccc5C[C@H]4CO)n2)CN(C)CC3)cc1. The minimum absolute atomic E-state index is 0.0375. The van der Waals surface area contributed by atoms with E-state index >= 15 is 0 Å². The van der Waals surface area contributed by atoms with Crippen LogP contribution >= 0.6 is 0 Å². The molecule has 0 unspecified atom stereocenters. The Morgan fingerprint density at radius 2 is 1.89 bits per heavy atom. The summed E-state index contributed by atoms with van der Waals surface area (Å²) in [4.78, 5) is 21.1. The van der Waals surface area contributed by atoms with E-state index in [-0.39, 0.29) is 12.6 Å². The molecule has 2 aliphatic rings. The molecule has 4 heterocycles. The number of benzene rings is 2. The van der Waals surface area contributed by atoms with Gasteiger partial charge in [0.1, 0.15) is 11.6 Å². The van der Waals surface area contributed by atoms with E-state index in [0.717, 1.165) is 65.9 Å². The van der Waals surface area contributed by atoms with Gasteiger partial charge in [0.05, 0.1) is 18.3 Å². The van der Waals surface area contributed by atoms with E-state index in [9.17, 15) is 5.11 Å². The lowest BCUT2D eigenvalue weighted by Gasteiger charge is -2.33. The van der Waals surface area contributed by atoms with E-state index < -0.39 is 0 Å². The lowest BCUT2D eigenvalue weighted by atomic mass is 10.1. The quantitative estimate of drug-likeness (QED) is 0.465. The maximum Gasteiger partial charge on any atom is 0.231 e. The van der Waals surface area contributed by atoms with Gasteiger partial charge in [0, 0.05) is 61.6 Å². The fourth-order valence-corrected chi connectivity index (χ4v) is 5.36. The summed E-state index contributed by atoms with van der Waals surface area (Å²) in [6.07, 6.45) is 5.46. The van der Waals surface area contributed by atoms with Crippen molar-refractivity contribution >= 4 is 23.1 Å². The molecule has 4 aromatic rings. The molecule has 8 heteroatoms. The number of likely N-dealkylation sites (N-methyl/N-ethyl adjacent to an activating group) is 1. The Bertz CT molecular complexity index is 1400. The van der Waals surface area contributed by atoms with E-state index in [4.69, 9.17) is 9.97 Å².